The zero-order valence-electron chi connectivity index (χ0n) is 6.29. The molecule has 2 nitrogen and oxygen atoms in total. The largest absolute Gasteiger partial charge is 0.504 e. The van der Waals surface area contributed by atoms with E-state index in [4.69, 9.17) is 5.11 Å². The van der Waals surface area contributed by atoms with Gasteiger partial charge in [0.05, 0.1) is 0 Å². The van der Waals surface area contributed by atoms with Crippen molar-refractivity contribution in [1.82, 2.24) is 0 Å². The molecule has 2 atom stereocenters. The van der Waals surface area contributed by atoms with Gasteiger partial charge in [-0.05, 0) is 31.4 Å². The summed E-state index contributed by atoms with van der Waals surface area (Å²) < 4.78 is 0.638. The minimum Gasteiger partial charge on any atom is -0.504 e. The van der Waals surface area contributed by atoms with Gasteiger partial charge in [0.25, 0.3) is 0 Å². The van der Waals surface area contributed by atoms with Gasteiger partial charge in [-0.3, -0.25) is 0 Å². The van der Waals surface area contributed by atoms with Gasteiger partial charge in [-0.25, -0.2) is 0 Å². The fourth-order valence-corrected chi connectivity index (χ4v) is 1.58. The van der Waals surface area contributed by atoms with E-state index in [1.807, 2.05) is 0 Å². The monoisotopic (exact) mass is 266 g/mol. The van der Waals surface area contributed by atoms with Crippen LogP contribution in [0.15, 0.2) is 23.7 Å². The van der Waals surface area contributed by atoms with E-state index in [1.54, 1.807) is 13.0 Å². The number of allylic oxidation sites excluding steroid dienone is 2. The van der Waals surface area contributed by atoms with Crippen LogP contribution in [0.2, 0.25) is 0 Å². The van der Waals surface area contributed by atoms with Gasteiger partial charge in [0.15, 0.2) is 11.5 Å². The summed E-state index contributed by atoms with van der Waals surface area (Å²) in [4.78, 5) is 0. The molecule has 2 N–H and O–H groups in total. The number of hydrogen-bond donors (Lipinski definition) is 2. The molecule has 1 rings (SSSR count). The van der Waals surface area contributed by atoms with Gasteiger partial charge in [0.2, 0.25) is 0 Å². The van der Waals surface area contributed by atoms with E-state index < -0.39 is 0 Å². The second-order valence-electron chi connectivity index (χ2n) is 2.64. The number of rotatable bonds is 2. The first-order valence-electron chi connectivity index (χ1n) is 3.55. The lowest BCUT2D eigenvalue weighted by atomic mass is 10.3. The highest BCUT2D eigenvalue weighted by Crippen LogP contribution is 2.40. The Morgan fingerprint density at radius 3 is 2.36 bits per heavy atom. The molecule has 3 heteroatoms. The summed E-state index contributed by atoms with van der Waals surface area (Å²) in [5.74, 6) is 0.440. The molecular formula is C8H11IO2. The van der Waals surface area contributed by atoms with E-state index in [0.29, 0.717) is 9.84 Å². The van der Waals surface area contributed by atoms with Crippen LogP contribution >= 0.6 is 22.6 Å². The van der Waals surface area contributed by atoms with Crippen molar-refractivity contribution in [2.75, 3.05) is 0 Å². The van der Waals surface area contributed by atoms with Gasteiger partial charge < -0.3 is 10.2 Å². The van der Waals surface area contributed by atoms with E-state index in [-0.39, 0.29) is 11.5 Å². The highest BCUT2D eigenvalue weighted by atomic mass is 127. The lowest BCUT2D eigenvalue weighted by Crippen LogP contribution is -1.87. The standard InChI is InChI=1S/C8H11IO2/c1-2-7(10)8(11)4-5-3-6(5)9/h2,4-6,10-11H,3H2,1H3/b7-2+,8-4+. The molecule has 2 unspecified atom stereocenters. The molecule has 62 valence electrons. The highest BCUT2D eigenvalue weighted by Gasteiger charge is 2.33. The fraction of sp³-hybridized carbons (Fsp3) is 0.500. The molecule has 1 aliphatic carbocycles. The zero-order valence-corrected chi connectivity index (χ0v) is 8.45. The van der Waals surface area contributed by atoms with E-state index >= 15 is 0 Å². The summed E-state index contributed by atoms with van der Waals surface area (Å²) in [6, 6.07) is 0. The number of aliphatic hydroxyl groups is 2. The van der Waals surface area contributed by atoms with Crippen LogP contribution in [0.4, 0.5) is 0 Å². The van der Waals surface area contributed by atoms with Crippen LogP contribution in [-0.2, 0) is 0 Å². The average molecular weight is 266 g/mol. The SMILES string of the molecule is C/C=C(O)\C(O)=C/C1CC1I. The normalized spacial score (nSPS) is 32.2. The second-order valence-corrected chi connectivity index (χ2v) is 4.24. The third-order valence-electron chi connectivity index (χ3n) is 1.67. The second kappa shape index (κ2) is 3.47. The third kappa shape index (κ3) is 2.39. The molecule has 0 spiro atoms. The van der Waals surface area contributed by atoms with E-state index in [2.05, 4.69) is 22.6 Å². The maximum absolute atomic E-state index is 9.19. The third-order valence-corrected chi connectivity index (χ3v) is 3.10. The molecule has 1 aliphatic rings. The Morgan fingerprint density at radius 1 is 1.45 bits per heavy atom. The van der Waals surface area contributed by atoms with Gasteiger partial charge in [-0.1, -0.05) is 22.6 Å². The van der Waals surface area contributed by atoms with Crippen LogP contribution in [0.1, 0.15) is 13.3 Å². The Bertz CT molecular complexity index is 208. The van der Waals surface area contributed by atoms with Crippen LogP contribution in [0.3, 0.4) is 0 Å². The predicted octanol–water partition coefficient (Wildman–Crippen LogP) is 2.71. The lowest BCUT2D eigenvalue weighted by Gasteiger charge is -1.95. The molecule has 1 fully saturated rings. The summed E-state index contributed by atoms with van der Waals surface area (Å²) in [5, 5.41) is 18.2. The minimum absolute atomic E-state index is 0.0108. The van der Waals surface area contributed by atoms with Crippen LogP contribution in [0.25, 0.3) is 0 Å². The molecule has 0 aromatic rings. The summed E-state index contributed by atoms with van der Waals surface area (Å²) in [6.45, 7) is 1.69. The number of hydrogen-bond acceptors (Lipinski definition) is 2. The average Bonchev–Trinajstić information content (AvgIpc) is 2.65. The zero-order chi connectivity index (χ0) is 8.43. The van der Waals surface area contributed by atoms with Crippen LogP contribution < -0.4 is 0 Å². The van der Waals surface area contributed by atoms with Crippen molar-refractivity contribution in [3.05, 3.63) is 23.7 Å². The smallest absolute Gasteiger partial charge is 0.153 e. The van der Waals surface area contributed by atoms with E-state index in [9.17, 15) is 5.11 Å². The van der Waals surface area contributed by atoms with Crippen LogP contribution in [0, 0.1) is 5.92 Å². The molecule has 1 saturated carbocycles. The molecule has 0 aromatic carbocycles. The molecule has 0 aliphatic heterocycles. The van der Waals surface area contributed by atoms with Gasteiger partial charge in [-0.15, -0.1) is 0 Å². The predicted molar refractivity (Wildman–Crippen MR) is 53.0 cm³/mol. The quantitative estimate of drug-likeness (QED) is 0.349. The molecule has 0 heterocycles. The Hall–Kier alpha value is -0.190. The van der Waals surface area contributed by atoms with Gasteiger partial charge >= 0.3 is 0 Å². The summed E-state index contributed by atoms with van der Waals surface area (Å²) in [5.41, 5.74) is 0. The maximum Gasteiger partial charge on any atom is 0.153 e. The summed E-state index contributed by atoms with van der Waals surface area (Å²) >= 11 is 2.33. The van der Waals surface area contributed by atoms with Gasteiger partial charge in [0.1, 0.15) is 0 Å². The Balaban J connectivity index is 2.53. The molecule has 0 saturated heterocycles. The summed E-state index contributed by atoms with van der Waals surface area (Å²) in [7, 11) is 0. The minimum atomic E-state index is -0.0273. The van der Waals surface area contributed by atoms with Crippen molar-refractivity contribution >= 4 is 22.6 Å². The van der Waals surface area contributed by atoms with E-state index in [1.165, 1.54) is 6.08 Å². The van der Waals surface area contributed by atoms with Crippen LogP contribution in [0.5, 0.6) is 0 Å². The number of aliphatic hydroxyl groups excluding tert-OH is 2. The van der Waals surface area contributed by atoms with Crippen molar-refractivity contribution in [2.45, 2.75) is 17.3 Å². The van der Waals surface area contributed by atoms with Crippen molar-refractivity contribution < 1.29 is 10.2 Å². The topological polar surface area (TPSA) is 40.5 Å². The van der Waals surface area contributed by atoms with Crippen molar-refractivity contribution in [2.24, 2.45) is 5.92 Å². The Kier molecular flexibility index (Phi) is 2.81. The van der Waals surface area contributed by atoms with Gasteiger partial charge in [0, 0.05) is 3.92 Å². The van der Waals surface area contributed by atoms with E-state index in [0.717, 1.165) is 6.42 Å². The lowest BCUT2D eigenvalue weighted by molar-refractivity contribution is 0.324. The fourth-order valence-electron chi connectivity index (χ4n) is 0.790. The molecule has 11 heavy (non-hydrogen) atoms. The van der Waals surface area contributed by atoms with Crippen molar-refractivity contribution in [3.8, 4) is 0 Å². The Labute approximate surface area is 79.8 Å². The first-order valence-corrected chi connectivity index (χ1v) is 4.80. The first kappa shape index (κ1) is 8.90. The molecule has 0 amide bonds. The van der Waals surface area contributed by atoms with Crippen molar-refractivity contribution in [1.29, 1.82) is 0 Å². The van der Waals surface area contributed by atoms with Crippen molar-refractivity contribution in [3.63, 3.8) is 0 Å². The first-order chi connectivity index (χ1) is 5.15. The Morgan fingerprint density at radius 2 is 2.00 bits per heavy atom. The molecule has 0 aromatic heterocycles. The van der Waals surface area contributed by atoms with Gasteiger partial charge in [-0.2, -0.15) is 0 Å². The molecule has 0 bridgehead atoms. The highest BCUT2D eigenvalue weighted by molar-refractivity contribution is 14.1. The number of halogens is 1. The number of alkyl halides is 1. The van der Waals surface area contributed by atoms with Crippen LogP contribution in [-0.4, -0.2) is 14.1 Å². The summed E-state index contributed by atoms with van der Waals surface area (Å²) in [6.07, 6.45) is 4.31. The molecule has 0 radical (unpaired) electrons. The maximum atomic E-state index is 9.19. The molecular weight excluding hydrogens is 255 g/mol.